The monoisotopic (exact) mass is 313 g/mol. The van der Waals surface area contributed by atoms with Gasteiger partial charge in [-0.2, -0.15) is 0 Å². The molecule has 0 atom stereocenters. The highest BCUT2D eigenvalue weighted by Crippen LogP contribution is 2.25. The third kappa shape index (κ3) is 5.02. The molecular weight excluding hydrogens is 290 g/mol. The van der Waals surface area contributed by atoms with E-state index in [1.807, 2.05) is 70.2 Å². The van der Waals surface area contributed by atoms with Crippen LogP contribution in [0.25, 0.3) is 0 Å². The Balaban J connectivity index is 1.97. The highest BCUT2D eigenvalue weighted by molar-refractivity contribution is 5.93. The predicted octanol–water partition coefficient (Wildman–Crippen LogP) is 4.11. The molecule has 0 fully saturated rings. The lowest BCUT2D eigenvalue weighted by molar-refractivity contribution is -0.118. The molecule has 23 heavy (non-hydrogen) atoms. The van der Waals surface area contributed by atoms with Crippen molar-refractivity contribution in [1.82, 2.24) is 0 Å². The first-order valence-electron chi connectivity index (χ1n) is 7.71. The molecule has 0 aliphatic carbocycles. The van der Waals surface area contributed by atoms with Crippen LogP contribution in [0.2, 0.25) is 0 Å². The Labute approximate surface area is 137 Å². The lowest BCUT2D eigenvalue weighted by Gasteiger charge is -2.15. The van der Waals surface area contributed by atoms with E-state index in [4.69, 9.17) is 9.47 Å². The summed E-state index contributed by atoms with van der Waals surface area (Å²) in [6.07, 6.45) is 0.0412. The van der Waals surface area contributed by atoms with E-state index in [0.717, 1.165) is 11.3 Å². The van der Waals surface area contributed by atoms with Crippen molar-refractivity contribution in [2.24, 2.45) is 0 Å². The predicted molar refractivity (Wildman–Crippen MR) is 92.2 cm³/mol. The molecule has 0 saturated heterocycles. The first-order valence-corrected chi connectivity index (χ1v) is 7.71. The average molecular weight is 313 g/mol. The highest BCUT2D eigenvalue weighted by atomic mass is 16.5. The number of benzene rings is 2. The second-order valence-corrected chi connectivity index (χ2v) is 5.77. The average Bonchev–Trinajstić information content (AvgIpc) is 2.48. The van der Waals surface area contributed by atoms with E-state index >= 15 is 0 Å². The van der Waals surface area contributed by atoms with Crippen LogP contribution in [0.4, 0.5) is 5.69 Å². The normalized spacial score (nSPS) is 10.5. The number of carbonyl (C=O) groups is 1. The van der Waals surface area contributed by atoms with Crippen LogP contribution in [0.5, 0.6) is 11.5 Å². The molecule has 2 aromatic rings. The molecule has 0 aromatic heterocycles. The summed E-state index contributed by atoms with van der Waals surface area (Å²) in [7, 11) is 0. The molecule has 2 rings (SSSR count). The molecule has 1 N–H and O–H groups in total. The van der Waals surface area contributed by atoms with Gasteiger partial charge in [-0.15, -0.1) is 0 Å². The molecule has 4 nitrogen and oxygen atoms in total. The molecule has 4 heteroatoms. The van der Waals surface area contributed by atoms with Gasteiger partial charge in [-0.3, -0.25) is 4.79 Å². The molecule has 0 bridgehead atoms. The first-order chi connectivity index (χ1) is 11.0. The van der Waals surface area contributed by atoms with Gasteiger partial charge in [0.2, 0.25) is 0 Å². The summed E-state index contributed by atoms with van der Waals surface area (Å²) in [6.45, 7) is 7.84. The van der Waals surface area contributed by atoms with Crippen LogP contribution in [-0.2, 0) is 4.79 Å². The lowest BCUT2D eigenvalue weighted by atomic mass is 10.1. The molecule has 0 aliphatic rings. The summed E-state index contributed by atoms with van der Waals surface area (Å²) in [5.74, 6) is 1.16. The molecule has 2 aromatic carbocycles. The Hall–Kier alpha value is -2.49. The minimum absolute atomic E-state index is 0.0412. The number of carbonyl (C=O) groups excluding carboxylic acids is 1. The molecule has 0 heterocycles. The zero-order valence-corrected chi connectivity index (χ0v) is 14.1. The first kappa shape index (κ1) is 16.9. The molecule has 0 aliphatic heterocycles. The Morgan fingerprint density at radius 2 is 1.83 bits per heavy atom. The van der Waals surface area contributed by atoms with Crippen molar-refractivity contribution >= 4 is 11.6 Å². The topological polar surface area (TPSA) is 47.6 Å². The molecule has 1 amide bonds. The number of ether oxygens (including phenoxy) is 2. The molecule has 0 saturated carbocycles. The maximum atomic E-state index is 12.1. The molecular formula is C19H23NO3. The van der Waals surface area contributed by atoms with Crippen molar-refractivity contribution in [3.63, 3.8) is 0 Å². The second-order valence-electron chi connectivity index (χ2n) is 5.77. The zero-order valence-electron chi connectivity index (χ0n) is 14.1. The summed E-state index contributed by atoms with van der Waals surface area (Å²) in [6, 6.07) is 13.2. The smallest absolute Gasteiger partial charge is 0.262 e. The number of hydrogen-bond donors (Lipinski definition) is 1. The molecule has 122 valence electrons. The van der Waals surface area contributed by atoms with Crippen molar-refractivity contribution in [2.45, 2.75) is 33.8 Å². The van der Waals surface area contributed by atoms with E-state index in [1.54, 1.807) is 0 Å². The van der Waals surface area contributed by atoms with Crippen LogP contribution in [0.3, 0.4) is 0 Å². The molecule has 0 unspecified atom stereocenters. The van der Waals surface area contributed by atoms with Crippen LogP contribution in [0.1, 0.15) is 25.0 Å². The fourth-order valence-corrected chi connectivity index (χ4v) is 2.22. The number of hydrogen-bond acceptors (Lipinski definition) is 3. The van der Waals surface area contributed by atoms with Crippen molar-refractivity contribution in [3.05, 3.63) is 53.6 Å². The number of para-hydroxylation sites is 2. The fourth-order valence-electron chi connectivity index (χ4n) is 2.22. The molecule has 0 radical (unpaired) electrons. The minimum atomic E-state index is -0.218. The Bertz CT molecular complexity index is 680. The summed E-state index contributed by atoms with van der Waals surface area (Å²) in [4.78, 5) is 12.1. The SMILES string of the molecule is Cc1ccc(OCC(=O)Nc2ccccc2OC(C)C)c(C)c1. The zero-order chi connectivity index (χ0) is 16.8. The second kappa shape index (κ2) is 7.68. The van der Waals surface area contributed by atoms with Gasteiger partial charge < -0.3 is 14.8 Å². The fraction of sp³-hybridized carbons (Fsp3) is 0.316. The maximum Gasteiger partial charge on any atom is 0.262 e. The summed E-state index contributed by atoms with van der Waals surface area (Å²) >= 11 is 0. The van der Waals surface area contributed by atoms with Crippen LogP contribution in [-0.4, -0.2) is 18.6 Å². The van der Waals surface area contributed by atoms with Crippen LogP contribution in [0.15, 0.2) is 42.5 Å². The van der Waals surface area contributed by atoms with Gasteiger partial charge in [0.05, 0.1) is 11.8 Å². The van der Waals surface area contributed by atoms with Gasteiger partial charge in [-0.05, 0) is 51.5 Å². The van der Waals surface area contributed by atoms with E-state index in [2.05, 4.69) is 5.32 Å². The van der Waals surface area contributed by atoms with Crippen LogP contribution in [0, 0.1) is 13.8 Å². The van der Waals surface area contributed by atoms with Gasteiger partial charge >= 0.3 is 0 Å². The Kier molecular flexibility index (Phi) is 5.63. The number of rotatable bonds is 6. The maximum absolute atomic E-state index is 12.1. The van der Waals surface area contributed by atoms with Gasteiger partial charge in [-0.25, -0.2) is 0 Å². The van der Waals surface area contributed by atoms with Crippen LogP contribution >= 0.6 is 0 Å². The van der Waals surface area contributed by atoms with E-state index in [9.17, 15) is 4.79 Å². The van der Waals surface area contributed by atoms with Gasteiger partial charge in [-0.1, -0.05) is 29.8 Å². The number of amides is 1. The van der Waals surface area contributed by atoms with E-state index < -0.39 is 0 Å². The lowest BCUT2D eigenvalue weighted by Crippen LogP contribution is -2.21. The van der Waals surface area contributed by atoms with Gasteiger partial charge in [0.25, 0.3) is 5.91 Å². The van der Waals surface area contributed by atoms with Gasteiger partial charge in [0.1, 0.15) is 11.5 Å². The van der Waals surface area contributed by atoms with Crippen molar-refractivity contribution in [1.29, 1.82) is 0 Å². The number of aryl methyl sites for hydroxylation is 2. The minimum Gasteiger partial charge on any atom is -0.489 e. The van der Waals surface area contributed by atoms with Crippen molar-refractivity contribution < 1.29 is 14.3 Å². The molecule has 0 spiro atoms. The largest absolute Gasteiger partial charge is 0.489 e. The standard InChI is InChI=1S/C19H23NO3/c1-13(2)23-18-8-6-5-7-16(18)20-19(21)12-22-17-10-9-14(3)11-15(17)4/h5-11,13H,12H2,1-4H3,(H,20,21). The third-order valence-corrected chi connectivity index (χ3v) is 3.21. The highest BCUT2D eigenvalue weighted by Gasteiger charge is 2.10. The quantitative estimate of drug-likeness (QED) is 0.873. The summed E-state index contributed by atoms with van der Waals surface area (Å²) < 4.78 is 11.3. The Morgan fingerprint density at radius 1 is 1.09 bits per heavy atom. The van der Waals surface area contributed by atoms with Crippen molar-refractivity contribution in [3.8, 4) is 11.5 Å². The third-order valence-electron chi connectivity index (χ3n) is 3.21. The summed E-state index contributed by atoms with van der Waals surface area (Å²) in [5.41, 5.74) is 2.83. The van der Waals surface area contributed by atoms with Crippen LogP contribution < -0.4 is 14.8 Å². The van der Waals surface area contributed by atoms with E-state index in [0.29, 0.717) is 11.4 Å². The van der Waals surface area contributed by atoms with Gasteiger partial charge in [0.15, 0.2) is 6.61 Å². The van der Waals surface area contributed by atoms with Crippen molar-refractivity contribution in [2.75, 3.05) is 11.9 Å². The van der Waals surface area contributed by atoms with Gasteiger partial charge in [0, 0.05) is 0 Å². The summed E-state index contributed by atoms with van der Waals surface area (Å²) in [5, 5.41) is 2.83. The number of nitrogens with one attached hydrogen (secondary N) is 1. The van der Waals surface area contributed by atoms with E-state index in [1.165, 1.54) is 5.56 Å². The number of anilines is 1. The Morgan fingerprint density at radius 3 is 2.52 bits per heavy atom. The van der Waals surface area contributed by atoms with E-state index in [-0.39, 0.29) is 18.6 Å².